The van der Waals surface area contributed by atoms with Crippen molar-refractivity contribution in [3.8, 4) is 5.75 Å². The van der Waals surface area contributed by atoms with Gasteiger partial charge in [0.15, 0.2) is 10.9 Å². The first-order chi connectivity index (χ1) is 16.7. The van der Waals surface area contributed by atoms with Gasteiger partial charge in [-0.3, -0.25) is 14.5 Å². The molecule has 0 saturated carbocycles. The maximum absolute atomic E-state index is 14.3. The van der Waals surface area contributed by atoms with E-state index in [4.69, 9.17) is 27.9 Å². The zero-order valence-electron chi connectivity index (χ0n) is 17.5. The molecule has 1 N–H and O–H groups in total. The van der Waals surface area contributed by atoms with Crippen LogP contribution in [0.2, 0.25) is 10.0 Å². The van der Waals surface area contributed by atoms with E-state index in [0.717, 1.165) is 22.3 Å². The molecular weight excluding hydrogens is 541 g/mol. The Balaban J connectivity index is 1.76. The molecule has 1 aliphatic rings. The molecular formula is C23H12Cl2F2N2O4S2. The third kappa shape index (κ3) is 3.86. The van der Waals surface area contributed by atoms with Crippen molar-refractivity contribution < 1.29 is 28.2 Å². The van der Waals surface area contributed by atoms with E-state index >= 15 is 0 Å². The summed E-state index contributed by atoms with van der Waals surface area (Å²) in [4.78, 5) is 32.2. The second-order valence-corrected chi connectivity index (χ2v) is 10.2. The van der Waals surface area contributed by atoms with Crippen molar-refractivity contribution in [3.05, 3.63) is 79.5 Å². The summed E-state index contributed by atoms with van der Waals surface area (Å²) < 4.78 is 33.5. The molecule has 1 aliphatic heterocycles. The number of ether oxygens (including phenoxy) is 1. The summed E-state index contributed by atoms with van der Waals surface area (Å²) in [6.45, 7) is 0. The molecule has 0 aliphatic carbocycles. The molecule has 0 radical (unpaired) electrons. The van der Waals surface area contributed by atoms with Gasteiger partial charge in [0.1, 0.15) is 28.9 Å². The average molecular weight is 553 g/mol. The first-order valence-corrected chi connectivity index (χ1v) is 12.3. The van der Waals surface area contributed by atoms with E-state index in [-0.39, 0.29) is 42.3 Å². The van der Waals surface area contributed by atoms with E-state index in [9.17, 15) is 23.5 Å². The molecule has 3 heterocycles. The normalized spacial score (nSPS) is 17.5. The van der Waals surface area contributed by atoms with E-state index in [1.165, 1.54) is 30.6 Å². The smallest absolute Gasteiger partial charge is 0.301 e. The lowest BCUT2D eigenvalue weighted by Gasteiger charge is -2.21. The van der Waals surface area contributed by atoms with Gasteiger partial charge in [-0.05, 0) is 29.6 Å². The number of hydrogen-bond donors (Lipinski definition) is 1. The predicted octanol–water partition coefficient (Wildman–Crippen LogP) is 6.58. The largest absolute Gasteiger partial charge is 0.507 e. The summed E-state index contributed by atoms with van der Waals surface area (Å²) >= 11 is 14.4. The number of aliphatic hydroxyl groups excluding tert-OH is 1. The molecule has 1 fully saturated rings. The summed E-state index contributed by atoms with van der Waals surface area (Å²) in [5.41, 5.74) is -0.372. The number of carbonyl (C=O) groups excluding carboxylic acids is 2. The lowest BCUT2D eigenvalue weighted by Crippen LogP contribution is -2.28. The number of carbonyl (C=O) groups is 2. The maximum Gasteiger partial charge on any atom is 0.301 e. The monoisotopic (exact) mass is 552 g/mol. The van der Waals surface area contributed by atoms with Gasteiger partial charge in [-0.25, -0.2) is 13.8 Å². The van der Waals surface area contributed by atoms with Crippen LogP contribution in [0.25, 0.3) is 16.0 Å². The van der Waals surface area contributed by atoms with Crippen LogP contribution in [0.15, 0.2) is 47.4 Å². The van der Waals surface area contributed by atoms with Gasteiger partial charge in [0.25, 0.3) is 5.78 Å². The van der Waals surface area contributed by atoms with Crippen LogP contribution < -0.4 is 9.64 Å². The van der Waals surface area contributed by atoms with Crippen molar-refractivity contribution >= 4 is 78.7 Å². The summed E-state index contributed by atoms with van der Waals surface area (Å²) in [6.07, 6.45) is 0. The summed E-state index contributed by atoms with van der Waals surface area (Å²) in [5, 5.41) is 13.3. The van der Waals surface area contributed by atoms with Gasteiger partial charge >= 0.3 is 5.91 Å². The van der Waals surface area contributed by atoms with Gasteiger partial charge in [0.2, 0.25) is 0 Å². The first-order valence-electron chi connectivity index (χ1n) is 9.84. The zero-order chi connectivity index (χ0) is 25.0. The fourth-order valence-corrected chi connectivity index (χ4v) is 6.31. The summed E-state index contributed by atoms with van der Waals surface area (Å²) in [7, 11) is 1.33. The van der Waals surface area contributed by atoms with Crippen LogP contribution in [0.1, 0.15) is 16.5 Å². The molecule has 6 nitrogen and oxygen atoms in total. The number of thiazole rings is 1. The topological polar surface area (TPSA) is 79.7 Å². The van der Waals surface area contributed by atoms with Crippen LogP contribution in [0.4, 0.5) is 13.9 Å². The third-order valence-electron chi connectivity index (χ3n) is 5.33. The SMILES string of the molecule is COc1c(Cl)cc(Cl)cc1/C(O)=C1\C(=O)C(=O)N(c2nc3c(F)cc(F)cc3s2)C1c1cccs1. The van der Waals surface area contributed by atoms with Gasteiger partial charge in [-0.2, -0.15) is 0 Å². The molecule has 35 heavy (non-hydrogen) atoms. The van der Waals surface area contributed by atoms with Crippen LogP contribution in [-0.2, 0) is 9.59 Å². The quantitative estimate of drug-likeness (QED) is 0.176. The minimum atomic E-state index is -1.09. The molecule has 2 aromatic heterocycles. The van der Waals surface area contributed by atoms with Crippen molar-refractivity contribution in [1.29, 1.82) is 0 Å². The Kier molecular flexibility index (Phi) is 6.00. The van der Waals surface area contributed by atoms with Crippen molar-refractivity contribution in [1.82, 2.24) is 4.98 Å². The number of Topliss-reactive ketones (excluding diaryl/α,β-unsaturated/α-hetero) is 1. The lowest BCUT2D eigenvalue weighted by atomic mass is 9.99. The number of thiophene rings is 1. The van der Waals surface area contributed by atoms with E-state index in [1.807, 2.05) is 0 Å². The van der Waals surface area contributed by atoms with Crippen LogP contribution >= 0.6 is 45.9 Å². The third-order valence-corrected chi connectivity index (χ3v) is 7.76. The molecule has 4 aromatic rings. The first kappa shape index (κ1) is 23.7. The molecule has 1 saturated heterocycles. The number of benzene rings is 2. The second-order valence-electron chi connectivity index (χ2n) is 7.38. The number of aromatic nitrogens is 1. The number of hydrogen-bond acceptors (Lipinski definition) is 7. The molecule has 0 spiro atoms. The van der Waals surface area contributed by atoms with Crippen LogP contribution in [0, 0.1) is 11.6 Å². The van der Waals surface area contributed by atoms with E-state index in [2.05, 4.69) is 4.98 Å². The van der Waals surface area contributed by atoms with Crippen molar-refractivity contribution in [3.63, 3.8) is 0 Å². The Labute approximate surface area is 214 Å². The highest BCUT2D eigenvalue weighted by Crippen LogP contribution is 2.47. The lowest BCUT2D eigenvalue weighted by molar-refractivity contribution is -0.132. The predicted molar refractivity (Wildman–Crippen MR) is 132 cm³/mol. The Morgan fingerprint density at radius 1 is 1.20 bits per heavy atom. The maximum atomic E-state index is 14.3. The molecule has 2 aromatic carbocycles. The number of ketones is 1. The number of aliphatic hydroxyl groups is 1. The molecule has 1 unspecified atom stereocenters. The molecule has 1 amide bonds. The van der Waals surface area contributed by atoms with Crippen molar-refractivity contribution in [2.75, 3.05) is 12.0 Å². The van der Waals surface area contributed by atoms with Crippen LogP contribution in [0.5, 0.6) is 5.75 Å². The molecule has 12 heteroatoms. The summed E-state index contributed by atoms with van der Waals surface area (Å²) in [5.74, 6) is -4.18. The highest BCUT2D eigenvalue weighted by atomic mass is 35.5. The molecule has 5 rings (SSSR count). The minimum Gasteiger partial charge on any atom is -0.507 e. The Bertz CT molecular complexity index is 1550. The number of anilines is 1. The van der Waals surface area contributed by atoms with Crippen LogP contribution in [-0.4, -0.2) is 28.9 Å². The van der Waals surface area contributed by atoms with Gasteiger partial charge in [-0.1, -0.05) is 40.6 Å². The minimum absolute atomic E-state index is 0.0157. The Morgan fingerprint density at radius 3 is 2.66 bits per heavy atom. The van der Waals surface area contributed by atoms with Crippen LogP contribution in [0.3, 0.4) is 0 Å². The number of halogens is 4. The highest BCUT2D eigenvalue weighted by Gasteiger charge is 2.49. The standard InChI is InChI=1S/C23H12Cl2F2N2O4S2/c1-33-21-11(5-9(24)6-12(21)25)19(30)16-18(14-3-2-4-34-14)29(22(32)20(16)31)23-28-17-13(27)7-10(26)8-15(17)35-23/h2-8,18,30H,1H3/b19-16+. The number of nitrogens with zero attached hydrogens (tertiary/aromatic N) is 2. The van der Waals surface area contributed by atoms with Gasteiger partial charge in [0, 0.05) is 16.0 Å². The second kappa shape index (κ2) is 8.87. The Hall–Kier alpha value is -3.05. The van der Waals surface area contributed by atoms with Crippen molar-refractivity contribution in [2.45, 2.75) is 6.04 Å². The Morgan fingerprint density at radius 2 is 1.97 bits per heavy atom. The highest BCUT2D eigenvalue weighted by molar-refractivity contribution is 7.22. The summed E-state index contributed by atoms with van der Waals surface area (Å²) in [6, 6.07) is 6.84. The number of methoxy groups -OCH3 is 1. The number of rotatable bonds is 4. The van der Waals surface area contributed by atoms with Gasteiger partial charge in [-0.15, -0.1) is 11.3 Å². The fourth-order valence-electron chi connectivity index (χ4n) is 3.88. The van der Waals surface area contributed by atoms with Gasteiger partial charge in [0.05, 0.1) is 28.0 Å². The molecule has 0 bridgehead atoms. The molecule has 1 atom stereocenters. The number of amides is 1. The van der Waals surface area contributed by atoms with E-state index in [0.29, 0.717) is 10.9 Å². The molecule has 178 valence electrons. The van der Waals surface area contributed by atoms with Crippen molar-refractivity contribution in [2.24, 2.45) is 0 Å². The average Bonchev–Trinajstić information content (AvgIpc) is 3.52. The van der Waals surface area contributed by atoms with E-state index < -0.39 is 35.1 Å². The van der Waals surface area contributed by atoms with E-state index in [1.54, 1.807) is 17.5 Å². The number of fused-ring (bicyclic) bond motifs is 1. The van der Waals surface area contributed by atoms with Gasteiger partial charge < -0.3 is 9.84 Å². The zero-order valence-corrected chi connectivity index (χ0v) is 20.7. The fraction of sp³-hybridized carbons (Fsp3) is 0.0870.